The second-order valence-electron chi connectivity index (χ2n) is 6.36. The highest BCUT2D eigenvalue weighted by atomic mass is 35.5. The fraction of sp³-hybridized carbons (Fsp3) is 0.368. The van der Waals surface area contributed by atoms with E-state index >= 15 is 0 Å². The number of methoxy groups -OCH3 is 1. The maximum Gasteiger partial charge on any atom is 0.119 e. The maximum atomic E-state index is 6.71. The fourth-order valence-electron chi connectivity index (χ4n) is 2.57. The molecule has 2 rings (SSSR count). The van der Waals surface area contributed by atoms with Gasteiger partial charge in [0.2, 0.25) is 0 Å². The molecule has 2 aromatic carbocycles. The second kappa shape index (κ2) is 6.53. The molecule has 0 radical (unpaired) electrons. The molecule has 0 aliphatic heterocycles. The number of benzene rings is 2. The number of hydrogen-bond acceptors (Lipinski definition) is 1. The summed E-state index contributed by atoms with van der Waals surface area (Å²) in [6.45, 7) is 6.67. The molecule has 0 saturated heterocycles. The average molecular weight is 303 g/mol. The van der Waals surface area contributed by atoms with E-state index in [0.29, 0.717) is 0 Å². The summed E-state index contributed by atoms with van der Waals surface area (Å²) in [5.74, 6) is 0.875. The molecule has 2 aromatic rings. The largest absolute Gasteiger partial charge is 0.497 e. The van der Waals surface area contributed by atoms with E-state index in [-0.39, 0.29) is 10.8 Å². The molecular formula is C19H23ClO. The third-order valence-corrected chi connectivity index (χ3v) is 4.04. The maximum absolute atomic E-state index is 6.71. The van der Waals surface area contributed by atoms with Gasteiger partial charge in [-0.3, -0.25) is 0 Å². The Bertz CT molecular complexity index is 599. The number of hydrogen-bond donors (Lipinski definition) is 0. The molecule has 112 valence electrons. The normalized spacial score (nSPS) is 13.0. The van der Waals surface area contributed by atoms with Crippen LogP contribution in [0.1, 0.15) is 42.8 Å². The highest BCUT2D eigenvalue weighted by molar-refractivity contribution is 6.21. The molecule has 0 aromatic heterocycles. The molecule has 2 heteroatoms. The number of rotatable bonds is 4. The van der Waals surface area contributed by atoms with Gasteiger partial charge in [-0.25, -0.2) is 0 Å². The lowest BCUT2D eigenvalue weighted by molar-refractivity contribution is 0.414. The summed E-state index contributed by atoms with van der Waals surface area (Å²) in [4.78, 5) is 0. The minimum absolute atomic E-state index is 0.0347. The summed E-state index contributed by atoms with van der Waals surface area (Å²) in [5.41, 5.74) is 3.82. The van der Waals surface area contributed by atoms with Gasteiger partial charge in [-0.15, -0.1) is 11.6 Å². The molecule has 0 bridgehead atoms. The molecule has 21 heavy (non-hydrogen) atoms. The minimum Gasteiger partial charge on any atom is -0.497 e. The predicted octanol–water partition coefficient (Wildman–Crippen LogP) is 5.52. The third-order valence-electron chi connectivity index (χ3n) is 3.66. The van der Waals surface area contributed by atoms with Crippen LogP contribution in [0.15, 0.2) is 48.5 Å². The smallest absolute Gasteiger partial charge is 0.119 e. The van der Waals surface area contributed by atoms with Crippen molar-refractivity contribution < 1.29 is 4.74 Å². The lowest BCUT2D eigenvalue weighted by atomic mass is 9.82. The number of halogens is 1. The minimum atomic E-state index is -0.0347. The van der Waals surface area contributed by atoms with Gasteiger partial charge in [-0.05, 0) is 40.7 Å². The van der Waals surface area contributed by atoms with Crippen LogP contribution in [0.25, 0.3) is 0 Å². The van der Waals surface area contributed by atoms with Gasteiger partial charge in [0, 0.05) is 0 Å². The lowest BCUT2D eigenvalue weighted by Gasteiger charge is -2.25. The standard InChI is InChI=1S/C19H23ClO/c1-19(2,3)17-11-6-5-10-16(17)18(20)13-14-8-7-9-15(12-14)21-4/h5-12,18H,13H2,1-4H3. The molecular weight excluding hydrogens is 280 g/mol. The van der Waals surface area contributed by atoms with Gasteiger partial charge in [-0.2, -0.15) is 0 Å². The molecule has 0 aliphatic rings. The van der Waals surface area contributed by atoms with Crippen molar-refractivity contribution in [3.05, 3.63) is 65.2 Å². The van der Waals surface area contributed by atoms with Crippen LogP contribution in [0, 0.1) is 0 Å². The van der Waals surface area contributed by atoms with Crippen LogP contribution >= 0.6 is 11.6 Å². The van der Waals surface area contributed by atoms with E-state index in [1.807, 2.05) is 12.1 Å². The molecule has 0 spiro atoms. The topological polar surface area (TPSA) is 9.23 Å². The van der Waals surface area contributed by atoms with Crippen LogP contribution in [-0.2, 0) is 11.8 Å². The molecule has 0 amide bonds. The van der Waals surface area contributed by atoms with Gasteiger partial charge in [0.1, 0.15) is 5.75 Å². The summed E-state index contributed by atoms with van der Waals surface area (Å²) in [5, 5.41) is -0.0347. The Labute approximate surface area is 132 Å². The molecule has 1 nitrogen and oxygen atoms in total. The van der Waals surface area contributed by atoms with Crippen molar-refractivity contribution in [2.45, 2.75) is 38.0 Å². The molecule has 0 saturated carbocycles. The second-order valence-corrected chi connectivity index (χ2v) is 6.89. The lowest BCUT2D eigenvalue weighted by Crippen LogP contribution is -2.15. The predicted molar refractivity (Wildman–Crippen MR) is 90.4 cm³/mol. The van der Waals surface area contributed by atoms with Crippen molar-refractivity contribution in [2.24, 2.45) is 0 Å². The van der Waals surface area contributed by atoms with E-state index < -0.39 is 0 Å². The monoisotopic (exact) mass is 302 g/mol. The first kappa shape index (κ1) is 15.9. The van der Waals surface area contributed by atoms with E-state index in [0.717, 1.165) is 12.2 Å². The Morgan fingerprint density at radius 2 is 1.76 bits per heavy atom. The van der Waals surface area contributed by atoms with Gasteiger partial charge < -0.3 is 4.74 Å². The van der Waals surface area contributed by atoms with Crippen molar-refractivity contribution in [1.29, 1.82) is 0 Å². The van der Waals surface area contributed by atoms with Crippen LogP contribution in [0.3, 0.4) is 0 Å². The summed E-state index contributed by atoms with van der Waals surface area (Å²) < 4.78 is 5.28. The Hall–Kier alpha value is -1.47. The van der Waals surface area contributed by atoms with Gasteiger partial charge >= 0.3 is 0 Å². The van der Waals surface area contributed by atoms with E-state index in [2.05, 4.69) is 57.2 Å². The zero-order valence-corrected chi connectivity index (χ0v) is 13.9. The van der Waals surface area contributed by atoms with Crippen molar-refractivity contribution in [3.63, 3.8) is 0 Å². The highest BCUT2D eigenvalue weighted by Gasteiger charge is 2.21. The summed E-state index contributed by atoms with van der Waals surface area (Å²) >= 11 is 6.71. The Kier molecular flexibility index (Phi) is 4.95. The van der Waals surface area contributed by atoms with E-state index in [1.54, 1.807) is 7.11 Å². The first-order chi connectivity index (χ1) is 9.91. The van der Waals surface area contributed by atoms with E-state index in [1.165, 1.54) is 16.7 Å². The average Bonchev–Trinajstić information content (AvgIpc) is 2.46. The van der Waals surface area contributed by atoms with Crippen LogP contribution in [0.2, 0.25) is 0 Å². The first-order valence-corrected chi connectivity index (χ1v) is 7.72. The Balaban J connectivity index is 2.26. The molecule has 0 heterocycles. The zero-order chi connectivity index (χ0) is 15.5. The molecule has 1 unspecified atom stereocenters. The van der Waals surface area contributed by atoms with Crippen LogP contribution in [0.4, 0.5) is 0 Å². The van der Waals surface area contributed by atoms with Crippen LogP contribution < -0.4 is 4.74 Å². The quantitative estimate of drug-likeness (QED) is 0.676. The zero-order valence-electron chi connectivity index (χ0n) is 13.2. The van der Waals surface area contributed by atoms with Crippen LogP contribution in [0.5, 0.6) is 5.75 Å². The van der Waals surface area contributed by atoms with Gasteiger partial charge in [-0.1, -0.05) is 57.2 Å². The SMILES string of the molecule is COc1cccc(CC(Cl)c2ccccc2C(C)(C)C)c1. The third kappa shape index (κ3) is 4.01. The van der Waals surface area contributed by atoms with E-state index in [9.17, 15) is 0 Å². The molecule has 0 N–H and O–H groups in total. The highest BCUT2D eigenvalue weighted by Crippen LogP contribution is 2.34. The fourth-order valence-corrected chi connectivity index (χ4v) is 2.94. The van der Waals surface area contributed by atoms with Crippen molar-refractivity contribution >= 4 is 11.6 Å². The van der Waals surface area contributed by atoms with Crippen molar-refractivity contribution in [1.82, 2.24) is 0 Å². The first-order valence-electron chi connectivity index (χ1n) is 7.28. The summed E-state index contributed by atoms with van der Waals surface area (Å²) in [7, 11) is 1.69. The Morgan fingerprint density at radius 3 is 2.43 bits per heavy atom. The summed E-state index contributed by atoms with van der Waals surface area (Å²) in [6.07, 6.45) is 0.797. The van der Waals surface area contributed by atoms with Gasteiger partial charge in [0.05, 0.1) is 12.5 Å². The van der Waals surface area contributed by atoms with Gasteiger partial charge in [0.25, 0.3) is 0 Å². The van der Waals surface area contributed by atoms with Crippen molar-refractivity contribution in [2.75, 3.05) is 7.11 Å². The van der Waals surface area contributed by atoms with Gasteiger partial charge in [0.15, 0.2) is 0 Å². The molecule has 0 fully saturated rings. The molecule has 0 aliphatic carbocycles. The number of ether oxygens (including phenoxy) is 1. The van der Waals surface area contributed by atoms with Crippen LogP contribution in [-0.4, -0.2) is 7.11 Å². The molecule has 1 atom stereocenters. The summed E-state index contributed by atoms with van der Waals surface area (Å²) in [6, 6.07) is 16.6. The Morgan fingerprint density at radius 1 is 1.05 bits per heavy atom. The number of alkyl halides is 1. The van der Waals surface area contributed by atoms with E-state index in [4.69, 9.17) is 16.3 Å². The van der Waals surface area contributed by atoms with Crippen molar-refractivity contribution in [3.8, 4) is 5.75 Å².